The van der Waals surface area contributed by atoms with Gasteiger partial charge in [0.05, 0.1) is 10.6 Å². The number of amides is 1. The maximum atomic E-state index is 12.3. The predicted octanol–water partition coefficient (Wildman–Crippen LogP) is 3.51. The van der Waals surface area contributed by atoms with Gasteiger partial charge in [-0.15, -0.1) is 0 Å². The van der Waals surface area contributed by atoms with Crippen molar-refractivity contribution < 1.29 is 4.79 Å². The molecule has 0 bridgehead atoms. The van der Waals surface area contributed by atoms with Crippen molar-refractivity contribution >= 4 is 29.1 Å². The fraction of sp³-hybridized carbons (Fsp3) is 0.267. The van der Waals surface area contributed by atoms with Crippen LogP contribution in [0.2, 0.25) is 5.02 Å². The molecule has 0 aliphatic heterocycles. The van der Waals surface area contributed by atoms with Crippen molar-refractivity contribution in [2.24, 2.45) is 0 Å². The Bertz CT molecular complexity index is 645. The van der Waals surface area contributed by atoms with Crippen LogP contribution >= 0.6 is 11.6 Å². The minimum absolute atomic E-state index is 0.306. The van der Waals surface area contributed by atoms with Crippen LogP contribution < -0.4 is 10.6 Å². The summed E-state index contributed by atoms with van der Waals surface area (Å²) in [6.45, 7) is 4.71. The molecule has 0 saturated heterocycles. The number of anilines is 2. The molecule has 2 rings (SSSR count). The van der Waals surface area contributed by atoms with E-state index in [0.717, 1.165) is 18.7 Å². The zero-order valence-electron chi connectivity index (χ0n) is 12.0. The summed E-state index contributed by atoms with van der Waals surface area (Å²) in [5, 5.41) is 6.17. The number of nitrogens with one attached hydrogen (secondary N) is 2. The van der Waals surface area contributed by atoms with E-state index in [4.69, 9.17) is 11.6 Å². The summed E-state index contributed by atoms with van der Waals surface area (Å²) >= 11 is 6.05. The number of pyridine rings is 2. The summed E-state index contributed by atoms with van der Waals surface area (Å²) in [6.07, 6.45) is 2.44. The highest BCUT2D eigenvalue weighted by Gasteiger charge is 2.13. The number of halogens is 1. The minimum atomic E-state index is -0.306. The molecule has 0 aromatic carbocycles. The first kappa shape index (κ1) is 15.3. The second kappa shape index (κ2) is 7.04. The molecule has 21 heavy (non-hydrogen) atoms. The standard InChI is InChI=1S/C15H17ClN4O/c1-3-7-17-14-8-11(12(16)9-18-14)15(21)20-13-6-4-5-10(2)19-13/h4-6,8-9H,3,7H2,1-2H3,(H,17,18)(H,19,20,21). The summed E-state index contributed by atoms with van der Waals surface area (Å²) in [7, 11) is 0. The molecule has 0 atom stereocenters. The number of aryl methyl sites for hydroxylation is 1. The second-order valence-corrected chi connectivity index (χ2v) is 5.00. The molecule has 2 heterocycles. The normalized spacial score (nSPS) is 10.2. The Morgan fingerprint density at radius 2 is 2.14 bits per heavy atom. The minimum Gasteiger partial charge on any atom is -0.370 e. The van der Waals surface area contributed by atoms with Crippen LogP contribution in [0.25, 0.3) is 0 Å². The van der Waals surface area contributed by atoms with Crippen LogP contribution in [0.4, 0.5) is 11.6 Å². The molecule has 0 fully saturated rings. The number of nitrogens with zero attached hydrogens (tertiary/aromatic N) is 2. The van der Waals surface area contributed by atoms with Gasteiger partial charge in [-0.2, -0.15) is 0 Å². The van der Waals surface area contributed by atoms with Crippen molar-refractivity contribution in [3.05, 3.63) is 46.7 Å². The van der Waals surface area contributed by atoms with Crippen molar-refractivity contribution in [3.8, 4) is 0 Å². The van der Waals surface area contributed by atoms with Gasteiger partial charge in [0.2, 0.25) is 0 Å². The van der Waals surface area contributed by atoms with Crippen LogP contribution in [-0.4, -0.2) is 22.4 Å². The summed E-state index contributed by atoms with van der Waals surface area (Å²) in [6, 6.07) is 7.07. The highest BCUT2D eigenvalue weighted by Crippen LogP contribution is 2.19. The van der Waals surface area contributed by atoms with E-state index < -0.39 is 0 Å². The maximum Gasteiger partial charge on any atom is 0.258 e. The Kier molecular flexibility index (Phi) is 5.11. The van der Waals surface area contributed by atoms with Crippen LogP contribution in [-0.2, 0) is 0 Å². The van der Waals surface area contributed by atoms with E-state index >= 15 is 0 Å². The maximum absolute atomic E-state index is 12.3. The van der Waals surface area contributed by atoms with E-state index in [1.807, 2.05) is 19.1 Å². The summed E-state index contributed by atoms with van der Waals surface area (Å²) < 4.78 is 0. The molecule has 2 aromatic heterocycles. The Labute approximate surface area is 128 Å². The van der Waals surface area contributed by atoms with E-state index in [9.17, 15) is 4.79 Å². The summed E-state index contributed by atoms with van der Waals surface area (Å²) in [5.74, 6) is 0.819. The third kappa shape index (κ3) is 4.16. The zero-order chi connectivity index (χ0) is 15.2. The topological polar surface area (TPSA) is 66.9 Å². The first-order valence-electron chi connectivity index (χ1n) is 6.74. The number of hydrogen-bond acceptors (Lipinski definition) is 4. The first-order valence-corrected chi connectivity index (χ1v) is 7.12. The monoisotopic (exact) mass is 304 g/mol. The lowest BCUT2D eigenvalue weighted by atomic mass is 10.2. The average Bonchev–Trinajstić information content (AvgIpc) is 2.46. The molecule has 110 valence electrons. The second-order valence-electron chi connectivity index (χ2n) is 4.59. The molecule has 0 aliphatic carbocycles. The molecule has 0 radical (unpaired) electrons. The van der Waals surface area contributed by atoms with Crippen LogP contribution in [0, 0.1) is 6.92 Å². The van der Waals surface area contributed by atoms with Gasteiger partial charge in [-0.25, -0.2) is 9.97 Å². The molecule has 6 heteroatoms. The molecule has 0 unspecified atom stereocenters. The Morgan fingerprint density at radius 3 is 2.86 bits per heavy atom. The molecule has 2 aromatic rings. The number of hydrogen-bond donors (Lipinski definition) is 2. The van der Waals surface area contributed by atoms with Crippen LogP contribution in [0.3, 0.4) is 0 Å². The number of aromatic nitrogens is 2. The molecule has 0 aliphatic rings. The van der Waals surface area contributed by atoms with Gasteiger partial charge in [0.1, 0.15) is 11.6 Å². The van der Waals surface area contributed by atoms with Gasteiger partial charge >= 0.3 is 0 Å². The third-order valence-electron chi connectivity index (χ3n) is 2.79. The largest absolute Gasteiger partial charge is 0.370 e. The van der Waals surface area contributed by atoms with E-state index in [1.54, 1.807) is 12.1 Å². The van der Waals surface area contributed by atoms with Gasteiger partial charge in [-0.1, -0.05) is 24.6 Å². The van der Waals surface area contributed by atoms with Gasteiger partial charge in [-0.3, -0.25) is 4.79 Å². The van der Waals surface area contributed by atoms with Crippen molar-refractivity contribution in [1.29, 1.82) is 0 Å². The van der Waals surface area contributed by atoms with E-state index in [-0.39, 0.29) is 5.91 Å². The van der Waals surface area contributed by atoms with Crippen LogP contribution in [0.5, 0.6) is 0 Å². The molecule has 5 nitrogen and oxygen atoms in total. The molecular weight excluding hydrogens is 288 g/mol. The Balaban J connectivity index is 2.18. The van der Waals surface area contributed by atoms with Crippen LogP contribution in [0.15, 0.2) is 30.5 Å². The highest BCUT2D eigenvalue weighted by atomic mass is 35.5. The lowest BCUT2D eigenvalue weighted by Gasteiger charge is -2.09. The molecule has 0 spiro atoms. The quantitative estimate of drug-likeness (QED) is 0.887. The van der Waals surface area contributed by atoms with Gasteiger partial charge in [0.15, 0.2) is 0 Å². The van der Waals surface area contributed by atoms with E-state index in [2.05, 4.69) is 27.5 Å². The molecular formula is C15H17ClN4O. The van der Waals surface area contributed by atoms with Gasteiger partial charge in [-0.05, 0) is 31.5 Å². The van der Waals surface area contributed by atoms with E-state index in [0.29, 0.717) is 22.2 Å². The zero-order valence-corrected chi connectivity index (χ0v) is 12.7. The lowest BCUT2D eigenvalue weighted by molar-refractivity contribution is 0.102. The summed E-state index contributed by atoms with van der Waals surface area (Å²) in [4.78, 5) is 20.7. The molecule has 0 saturated carbocycles. The van der Waals surface area contributed by atoms with Gasteiger partial charge < -0.3 is 10.6 Å². The van der Waals surface area contributed by atoms with E-state index in [1.165, 1.54) is 6.20 Å². The summed E-state index contributed by atoms with van der Waals surface area (Å²) in [5.41, 5.74) is 1.20. The number of rotatable bonds is 5. The van der Waals surface area contributed by atoms with Gasteiger partial charge in [0.25, 0.3) is 5.91 Å². The highest BCUT2D eigenvalue weighted by molar-refractivity contribution is 6.34. The van der Waals surface area contributed by atoms with Crippen molar-refractivity contribution in [1.82, 2.24) is 9.97 Å². The fourth-order valence-electron chi connectivity index (χ4n) is 1.76. The Hall–Kier alpha value is -2.14. The molecule has 1 amide bonds. The number of carbonyl (C=O) groups is 1. The lowest BCUT2D eigenvalue weighted by Crippen LogP contribution is -2.14. The smallest absolute Gasteiger partial charge is 0.258 e. The third-order valence-corrected chi connectivity index (χ3v) is 3.09. The van der Waals surface area contributed by atoms with Gasteiger partial charge in [0, 0.05) is 18.4 Å². The van der Waals surface area contributed by atoms with Crippen LogP contribution in [0.1, 0.15) is 29.4 Å². The molecule has 2 N–H and O–H groups in total. The van der Waals surface area contributed by atoms with Crippen molar-refractivity contribution in [2.45, 2.75) is 20.3 Å². The average molecular weight is 305 g/mol. The Morgan fingerprint density at radius 1 is 1.33 bits per heavy atom. The number of carbonyl (C=O) groups excluding carboxylic acids is 1. The predicted molar refractivity (Wildman–Crippen MR) is 85.0 cm³/mol. The van der Waals surface area contributed by atoms with Crippen molar-refractivity contribution in [3.63, 3.8) is 0 Å². The first-order chi connectivity index (χ1) is 10.1. The fourth-order valence-corrected chi connectivity index (χ4v) is 1.95. The van der Waals surface area contributed by atoms with Crippen molar-refractivity contribution in [2.75, 3.05) is 17.2 Å². The SMILES string of the molecule is CCCNc1cc(C(=O)Nc2cccc(C)n2)c(Cl)cn1.